The van der Waals surface area contributed by atoms with Crippen molar-refractivity contribution in [3.8, 4) is 6.07 Å². The summed E-state index contributed by atoms with van der Waals surface area (Å²) in [4.78, 5) is 16.5. The highest BCUT2D eigenvalue weighted by Gasteiger charge is 2.11. The van der Waals surface area contributed by atoms with Gasteiger partial charge in [0.1, 0.15) is 11.6 Å². The number of aryl methyl sites for hydroxylation is 2. The first-order valence-corrected chi connectivity index (χ1v) is 10.1. The molecule has 0 aliphatic heterocycles. The molecule has 0 saturated carbocycles. The smallest absolute Gasteiger partial charge is 0.272 e. The Morgan fingerprint density at radius 2 is 2.14 bits per heavy atom. The fourth-order valence-electron chi connectivity index (χ4n) is 2.58. The van der Waals surface area contributed by atoms with Crippen molar-refractivity contribution in [1.82, 2.24) is 24.8 Å². The third-order valence-electron chi connectivity index (χ3n) is 4.18. The van der Waals surface area contributed by atoms with Crippen LogP contribution in [0.2, 0.25) is 0 Å². The van der Waals surface area contributed by atoms with Gasteiger partial charge in [-0.05, 0) is 37.1 Å². The zero-order chi connectivity index (χ0) is 19.7. The minimum atomic E-state index is -0.253. The van der Waals surface area contributed by atoms with Crippen LogP contribution in [0.5, 0.6) is 0 Å². The van der Waals surface area contributed by atoms with Crippen molar-refractivity contribution in [1.29, 1.82) is 5.26 Å². The van der Waals surface area contributed by atoms with E-state index in [-0.39, 0.29) is 5.56 Å². The molecule has 0 amide bonds. The summed E-state index contributed by atoms with van der Waals surface area (Å²) in [6, 6.07) is 9.61. The van der Waals surface area contributed by atoms with E-state index in [1.54, 1.807) is 0 Å². The van der Waals surface area contributed by atoms with Gasteiger partial charge in [-0.15, -0.1) is 10.2 Å². The van der Waals surface area contributed by atoms with Crippen molar-refractivity contribution in [3.63, 3.8) is 0 Å². The average molecular weight is 410 g/mol. The summed E-state index contributed by atoms with van der Waals surface area (Å²) >= 11 is 2.88. The second-order valence-electron chi connectivity index (χ2n) is 6.13. The van der Waals surface area contributed by atoms with E-state index in [4.69, 9.17) is 5.26 Å². The fourth-order valence-corrected chi connectivity index (χ4v) is 4.25. The predicted octanol–water partition coefficient (Wildman–Crippen LogP) is 3.40. The average Bonchev–Trinajstić information content (AvgIpc) is 3.30. The summed E-state index contributed by atoms with van der Waals surface area (Å²) in [7, 11) is 0. The number of hydrogen-bond donors (Lipinski definition) is 2. The van der Waals surface area contributed by atoms with Gasteiger partial charge < -0.3 is 5.32 Å². The summed E-state index contributed by atoms with van der Waals surface area (Å²) in [5, 5.41) is 24.1. The van der Waals surface area contributed by atoms with E-state index in [2.05, 4.69) is 51.6 Å². The van der Waals surface area contributed by atoms with Crippen LogP contribution in [0.15, 0.2) is 39.6 Å². The molecule has 140 valence electrons. The van der Waals surface area contributed by atoms with Gasteiger partial charge in [0.25, 0.3) is 5.56 Å². The van der Waals surface area contributed by atoms with Gasteiger partial charge in [0, 0.05) is 23.7 Å². The first-order valence-electron chi connectivity index (χ1n) is 8.34. The van der Waals surface area contributed by atoms with Gasteiger partial charge >= 0.3 is 0 Å². The van der Waals surface area contributed by atoms with Gasteiger partial charge in [-0.2, -0.15) is 5.26 Å². The standard InChI is InChI=1S/C18H15N7OS2/c1-10-3-4-13(5-11(10)2)22-17-23-24-18(28-17)27-9-14-6-15(26)25-16(21-14)12(7-19)8-20-25/h3-6,8,20H,9H2,1-2H3,(H,22,23). The number of hydrogen-bond acceptors (Lipinski definition) is 8. The van der Waals surface area contributed by atoms with E-state index in [0.29, 0.717) is 27.8 Å². The van der Waals surface area contributed by atoms with Crippen LogP contribution in [0.25, 0.3) is 5.65 Å². The number of anilines is 2. The number of H-pyrrole nitrogens is 1. The lowest BCUT2D eigenvalue weighted by atomic mass is 10.1. The molecule has 0 aliphatic rings. The Morgan fingerprint density at radius 1 is 1.29 bits per heavy atom. The topological polar surface area (TPSA) is 112 Å². The van der Waals surface area contributed by atoms with E-state index in [1.165, 1.54) is 51.0 Å². The summed E-state index contributed by atoms with van der Waals surface area (Å²) in [5.74, 6) is 0.458. The maximum Gasteiger partial charge on any atom is 0.272 e. The van der Waals surface area contributed by atoms with Crippen LogP contribution in [0.1, 0.15) is 22.4 Å². The molecule has 0 radical (unpaired) electrons. The van der Waals surface area contributed by atoms with Crippen LogP contribution in [0, 0.1) is 25.2 Å². The second kappa shape index (κ2) is 7.46. The monoisotopic (exact) mass is 409 g/mol. The van der Waals surface area contributed by atoms with E-state index >= 15 is 0 Å². The molecule has 0 saturated heterocycles. The molecule has 3 heterocycles. The predicted molar refractivity (Wildman–Crippen MR) is 109 cm³/mol. The van der Waals surface area contributed by atoms with E-state index < -0.39 is 0 Å². The van der Waals surface area contributed by atoms with Gasteiger partial charge in [0.05, 0.1) is 5.69 Å². The van der Waals surface area contributed by atoms with Crippen molar-refractivity contribution in [2.24, 2.45) is 0 Å². The lowest BCUT2D eigenvalue weighted by molar-refractivity contribution is 0.888. The van der Waals surface area contributed by atoms with Crippen molar-refractivity contribution >= 4 is 39.6 Å². The molecule has 10 heteroatoms. The maximum absolute atomic E-state index is 12.1. The molecule has 4 aromatic rings. The molecule has 4 rings (SSSR count). The van der Waals surface area contributed by atoms with Crippen LogP contribution in [0.3, 0.4) is 0 Å². The number of rotatable bonds is 5. The van der Waals surface area contributed by atoms with E-state index in [9.17, 15) is 4.79 Å². The first-order chi connectivity index (χ1) is 13.5. The molecule has 0 bridgehead atoms. The Balaban J connectivity index is 1.47. The highest BCUT2D eigenvalue weighted by Crippen LogP contribution is 2.30. The minimum Gasteiger partial charge on any atom is -0.330 e. The number of nitrogens with zero attached hydrogens (tertiary/aromatic N) is 5. The lowest BCUT2D eigenvalue weighted by Gasteiger charge is -2.05. The van der Waals surface area contributed by atoms with Crippen molar-refractivity contribution in [3.05, 3.63) is 63.2 Å². The number of fused-ring (bicyclic) bond motifs is 1. The molecule has 3 aromatic heterocycles. The van der Waals surface area contributed by atoms with Gasteiger partial charge in [-0.25, -0.2) is 9.50 Å². The van der Waals surface area contributed by atoms with Crippen LogP contribution in [0.4, 0.5) is 10.8 Å². The summed E-state index contributed by atoms with van der Waals surface area (Å²) in [6.07, 6.45) is 1.47. The fraction of sp³-hybridized carbons (Fsp3) is 0.167. The molecule has 0 aliphatic carbocycles. The highest BCUT2D eigenvalue weighted by molar-refractivity contribution is 8.00. The maximum atomic E-state index is 12.1. The van der Waals surface area contributed by atoms with Gasteiger partial charge in [0.15, 0.2) is 9.99 Å². The molecule has 0 fully saturated rings. The zero-order valence-electron chi connectivity index (χ0n) is 15.1. The third-order valence-corrected chi connectivity index (χ3v) is 6.18. The highest BCUT2D eigenvalue weighted by atomic mass is 32.2. The number of nitrogens with one attached hydrogen (secondary N) is 2. The summed E-state index contributed by atoms with van der Waals surface area (Å²) in [6.45, 7) is 4.14. The van der Waals surface area contributed by atoms with Crippen LogP contribution in [-0.4, -0.2) is 24.8 Å². The number of aromatic amines is 1. The Labute approximate surface area is 168 Å². The molecule has 1 aromatic carbocycles. The SMILES string of the molecule is Cc1ccc(Nc2nnc(SCc3cc(=O)n4[nH]cc(C#N)c4n3)s2)cc1C. The van der Waals surface area contributed by atoms with E-state index in [0.717, 1.165) is 10.0 Å². The molecule has 0 spiro atoms. The van der Waals surface area contributed by atoms with Crippen molar-refractivity contribution in [2.75, 3.05) is 5.32 Å². The lowest BCUT2D eigenvalue weighted by Crippen LogP contribution is -2.15. The third kappa shape index (κ3) is 3.62. The minimum absolute atomic E-state index is 0.253. The summed E-state index contributed by atoms with van der Waals surface area (Å²) in [5.41, 5.74) is 4.41. The number of aromatic nitrogens is 5. The number of benzene rings is 1. The van der Waals surface area contributed by atoms with Crippen LogP contribution < -0.4 is 10.9 Å². The Bertz CT molecular complexity index is 1270. The quantitative estimate of drug-likeness (QED) is 0.486. The van der Waals surface area contributed by atoms with Gasteiger partial charge in [-0.1, -0.05) is 29.2 Å². The Kier molecular flexibility index (Phi) is 4.85. The van der Waals surface area contributed by atoms with Crippen LogP contribution >= 0.6 is 23.1 Å². The molecule has 0 atom stereocenters. The van der Waals surface area contributed by atoms with E-state index in [1.807, 2.05) is 12.1 Å². The molecule has 2 N–H and O–H groups in total. The summed E-state index contributed by atoms with van der Waals surface area (Å²) < 4.78 is 2.02. The molecule has 8 nitrogen and oxygen atoms in total. The van der Waals surface area contributed by atoms with Gasteiger partial charge in [0.2, 0.25) is 5.13 Å². The first kappa shape index (κ1) is 18.2. The van der Waals surface area contributed by atoms with Gasteiger partial charge in [-0.3, -0.25) is 9.89 Å². The molecule has 0 unspecified atom stereocenters. The Morgan fingerprint density at radius 3 is 2.93 bits per heavy atom. The molecular formula is C18H15N7OS2. The number of thioether (sulfide) groups is 1. The molecule has 28 heavy (non-hydrogen) atoms. The van der Waals surface area contributed by atoms with Crippen LogP contribution in [-0.2, 0) is 5.75 Å². The Hall–Kier alpha value is -3.16. The largest absolute Gasteiger partial charge is 0.330 e. The van der Waals surface area contributed by atoms with Crippen molar-refractivity contribution in [2.45, 2.75) is 23.9 Å². The van der Waals surface area contributed by atoms with Crippen molar-refractivity contribution < 1.29 is 0 Å². The second-order valence-corrected chi connectivity index (χ2v) is 8.33. The normalized spacial score (nSPS) is 10.9. The zero-order valence-corrected chi connectivity index (χ0v) is 16.7. The number of nitriles is 1. The molecular weight excluding hydrogens is 394 g/mol.